The van der Waals surface area contributed by atoms with Crippen LogP contribution in [0.4, 0.5) is 74.3 Å². The molecule has 0 aromatic heterocycles. The SMILES string of the molecule is Cc1cc([S+](c2ccc3c(c2)C(C)(C)c2ccccc2-3)c2ccccc2C)ccc1Sc1ccc2c(c1)C(C)(C)c1cc(C(=O)c3ccccc3)ccc1-2.FC(F)(F)C(F)(F)P(F)(F)(C(F)(F)C(F)(F)F)C(F)(F)C(F)(F)F.[F-]. The summed E-state index contributed by atoms with van der Waals surface area (Å²) in [6.07, 6.45) is -24.9. The van der Waals surface area contributed by atoms with Crippen molar-refractivity contribution in [1.82, 2.24) is 0 Å². The number of carbonyl (C=O) groups is 1. The summed E-state index contributed by atoms with van der Waals surface area (Å²) in [5.74, 6) is 0.0659. The Balaban J connectivity index is 0.000000308. The molecule has 0 saturated carbocycles. The molecule has 9 rings (SSSR count). The van der Waals surface area contributed by atoms with Crippen LogP contribution in [0.15, 0.2) is 176 Å². The van der Waals surface area contributed by atoms with Gasteiger partial charge in [0.25, 0.3) is 0 Å². The van der Waals surface area contributed by atoms with Crippen LogP contribution in [0.1, 0.15) is 77.0 Å². The van der Waals surface area contributed by atoms with Crippen molar-refractivity contribution in [3.8, 4) is 22.3 Å². The molecule has 1 unspecified atom stereocenters. The van der Waals surface area contributed by atoms with Crippen molar-refractivity contribution in [2.24, 2.45) is 0 Å². The minimum Gasteiger partial charge on any atom is -1.00 e. The van der Waals surface area contributed by atoms with Gasteiger partial charge in [-0.15, -0.1) is 0 Å². The van der Waals surface area contributed by atoms with Crippen LogP contribution in [0, 0.1) is 13.8 Å². The van der Waals surface area contributed by atoms with Crippen LogP contribution < -0.4 is 4.70 Å². The van der Waals surface area contributed by atoms with Crippen LogP contribution >= 0.6 is 19.0 Å². The number of rotatable bonds is 10. The summed E-state index contributed by atoms with van der Waals surface area (Å²) in [6, 6.07) is 54.8. The Labute approximate surface area is 448 Å². The first-order valence-corrected chi connectivity index (χ1v) is 27.4. The quantitative estimate of drug-likeness (QED) is 0.0588. The van der Waals surface area contributed by atoms with E-state index in [0.29, 0.717) is 0 Å². The minimum absolute atomic E-state index is 0. The standard InChI is InChI=1S/C51H43OS2.C6F17P.FH/c1-32-14-10-13-19-48(32)54(38-22-26-42-39-17-11-12-18-43(39)50(3,4)46(42)31-38)37-23-27-47(33(2)28-37)53-36-21-25-41-40-24-20-35(49(52)34-15-8-7-9-16-34)29-44(40)51(5,6)45(41)30-36;7-1(8,9)4(16,17)24(22,23,5(18,19)2(10,11)12)6(20,21)3(13,14)15;/h7-31H,1-6H3;;1H/q+1;;/p-1. The molecule has 22 heteroatoms. The van der Waals surface area contributed by atoms with E-state index in [0.717, 1.165) is 11.1 Å². The van der Waals surface area contributed by atoms with Crippen molar-refractivity contribution in [3.63, 3.8) is 0 Å². The number of ketones is 1. The fourth-order valence-electron chi connectivity index (χ4n) is 9.85. The van der Waals surface area contributed by atoms with Gasteiger partial charge in [-0.05, 0) is 125 Å². The molecule has 7 aromatic carbocycles. The van der Waals surface area contributed by atoms with Crippen molar-refractivity contribution in [2.45, 2.75) is 112 Å². The van der Waals surface area contributed by atoms with Gasteiger partial charge in [-0.2, -0.15) is 0 Å². The first-order valence-electron chi connectivity index (χ1n) is 23.3. The maximum absolute atomic E-state index is 13.4. The molecule has 420 valence electrons. The fraction of sp³-hybridized carbons (Fsp3) is 0.246. The zero-order chi connectivity index (χ0) is 57.8. The van der Waals surface area contributed by atoms with Gasteiger partial charge in [-0.1, -0.05) is 130 Å². The van der Waals surface area contributed by atoms with E-state index in [2.05, 4.69) is 157 Å². The predicted octanol–water partition coefficient (Wildman–Crippen LogP) is 17.2. The van der Waals surface area contributed by atoms with Crippen molar-refractivity contribution in [2.75, 3.05) is 0 Å². The average molecular weight is 1180 g/mol. The van der Waals surface area contributed by atoms with Gasteiger partial charge in [0, 0.05) is 37.3 Å². The summed E-state index contributed by atoms with van der Waals surface area (Å²) in [7, 11) is -13.0. The summed E-state index contributed by atoms with van der Waals surface area (Å²) >= 11 is 1.84. The Morgan fingerprint density at radius 1 is 0.443 bits per heavy atom. The van der Waals surface area contributed by atoms with E-state index >= 15 is 0 Å². The van der Waals surface area contributed by atoms with E-state index < -0.39 is 42.7 Å². The Bertz CT molecular complexity index is 3420. The molecule has 0 saturated heterocycles. The van der Waals surface area contributed by atoms with E-state index in [4.69, 9.17) is 0 Å². The molecule has 79 heavy (non-hydrogen) atoms. The molecule has 0 amide bonds. The molecule has 0 N–H and O–H groups in total. The zero-order valence-electron chi connectivity index (χ0n) is 41.9. The molecule has 1 nitrogen and oxygen atoms in total. The molecule has 0 bridgehead atoms. The summed E-state index contributed by atoms with van der Waals surface area (Å²) in [6.45, 7) is 13.8. The molecule has 0 heterocycles. The first-order chi connectivity index (χ1) is 35.8. The van der Waals surface area contributed by atoms with Crippen LogP contribution in [-0.2, 0) is 21.7 Å². The van der Waals surface area contributed by atoms with Crippen molar-refractivity contribution < 1.29 is 83.7 Å². The van der Waals surface area contributed by atoms with Gasteiger partial charge >= 0.3 is 117 Å². The molecule has 2 aliphatic rings. The average Bonchev–Trinajstić information content (AvgIpc) is 3.90. The molecule has 0 spiro atoms. The zero-order valence-corrected chi connectivity index (χ0v) is 44.4. The van der Waals surface area contributed by atoms with Gasteiger partial charge in [0.1, 0.15) is 0 Å². The number of hydrogen-bond acceptors (Lipinski definition) is 2. The maximum atomic E-state index is 13.4. The van der Waals surface area contributed by atoms with E-state index in [1.807, 2.05) is 48.2 Å². The Hall–Kier alpha value is -5.92. The topological polar surface area (TPSA) is 17.1 Å². The summed E-state index contributed by atoms with van der Waals surface area (Å²) in [5, 5.41) is 0. The van der Waals surface area contributed by atoms with Gasteiger partial charge in [0.2, 0.25) is 0 Å². The molecular formula is C57H43F18OPS2. The van der Waals surface area contributed by atoms with Gasteiger partial charge in [0.05, 0.1) is 10.9 Å². The van der Waals surface area contributed by atoms with Crippen molar-refractivity contribution in [1.29, 1.82) is 0 Å². The number of alkyl halides is 15. The number of carbonyl (C=O) groups excluding carboxylic acids is 1. The molecule has 0 radical (unpaired) electrons. The second-order valence-electron chi connectivity index (χ2n) is 19.8. The fourth-order valence-corrected chi connectivity index (χ4v) is 15.5. The number of halogens is 18. The van der Waals surface area contributed by atoms with Crippen LogP contribution in [0.25, 0.3) is 22.3 Å². The van der Waals surface area contributed by atoms with Crippen molar-refractivity contribution >= 4 is 35.7 Å². The molecule has 0 aliphatic heterocycles. The minimum atomic E-state index is -12.7. The third-order valence-electron chi connectivity index (χ3n) is 14.2. The number of benzene rings is 7. The molecule has 0 fully saturated rings. The van der Waals surface area contributed by atoms with Crippen LogP contribution in [0.3, 0.4) is 0 Å². The van der Waals surface area contributed by atoms with Crippen LogP contribution in [0.2, 0.25) is 0 Å². The summed E-state index contributed by atoms with van der Waals surface area (Å²) < 4.78 is 209. The molecular weight excluding hydrogens is 1140 g/mol. The van der Waals surface area contributed by atoms with Gasteiger partial charge in [-0.3, -0.25) is 4.79 Å². The largest absolute Gasteiger partial charge is 1.00 e. The molecule has 1 atom stereocenters. The second kappa shape index (κ2) is 20.0. The second-order valence-corrected chi connectivity index (χ2v) is 26.4. The normalized spacial score (nSPS) is 15.7. The third kappa shape index (κ3) is 9.30. The smallest absolute Gasteiger partial charge is 1.00 e. The Morgan fingerprint density at radius 2 is 0.873 bits per heavy atom. The summed E-state index contributed by atoms with van der Waals surface area (Å²) in [4.78, 5) is 19.9. The third-order valence-corrected chi connectivity index (χ3v) is 21.4. The van der Waals surface area contributed by atoms with E-state index in [9.17, 15) is 79.0 Å². The Kier molecular flexibility index (Phi) is 15.3. The van der Waals surface area contributed by atoms with E-state index in [1.165, 1.54) is 80.1 Å². The number of hydrogen-bond donors (Lipinski definition) is 0. The molecule has 7 aromatic rings. The summed E-state index contributed by atoms with van der Waals surface area (Å²) in [5.41, 5.74) is -12.8. The van der Waals surface area contributed by atoms with E-state index in [1.54, 1.807) is 0 Å². The van der Waals surface area contributed by atoms with Crippen LogP contribution in [-0.4, -0.2) is 41.3 Å². The first kappa shape index (κ1) is 60.7. The number of fused-ring (bicyclic) bond motifs is 6. The van der Waals surface area contributed by atoms with E-state index in [-0.39, 0.29) is 32.2 Å². The van der Waals surface area contributed by atoms with Crippen LogP contribution in [0.5, 0.6) is 0 Å². The Morgan fingerprint density at radius 3 is 1.42 bits per heavy atom. The van der Waals surface area contributed by atoms with Gasteiger partial charge in [0.15, 0.2) is 20.5 Å². The monoisotopic (exact) mass is 1180 g/mol. The number of aryl methyl sites for hydroxylation is 2. The van der Waals surface area contributed by atoms with Gasteiger partial charge in [-0.25, -0.2) is 0 Å². The molecule has 2 aliphatic carbocycles. The predicted molar refractivity (Wildman–Crippen MR) is 269 cm³/mol. The van der Waals surface area contributed by atoms with Crippen molar-refractivity contribution in [3.05, 3.63) is 196 Å². The maximum Gasteiger partial charge on any atom is -1.00 e. The van der Waals surface area contributed by atoms with Gasteiger partial charge < -0.3 is 4.70 Å².